The maximum atomic E-state index is 13.6. The van der Waals surface area contributed by atoms with Gasteiger partial charge in [-0.3, -0.25) is 0 Å². The average Bonchev–Trinajstić information content (AvgIpc) is 2.72. The van der Waals surface area contributed by atoms with Crippen LogP contribution in [0.4, 0.5) is 9.18 Å². The Morgan fingerprint density at radius 1 is 1.18 bits per heavy atom. The Balaban J connectivity index is 2.38. The summed E-state index contributed by atoms with van der Waals surface area (Å²) in [5.41, 5.74) is 0.691. The first-order chi connectivity index (χ1) is 10.3. The number of para-hydroxylation sites is 1. The van der Waals surface area contributed by atoms with Crippen molar-refractivity contribution < 1.29 is 13.9 Å². The largest absolute Gasteiger partial charge is 0.443 e. The van der Waals surface area contributed by atoms with Gasteiger partial charge >= 0.3 is 6.09 Å². The second kappa shape index (κ2) is 5.09. The number of ether oxygens (including phenoxy) is 1. The van der Waals surface area contributed by atoms with Crippen LogP contribution < -0.4 is 0 Å². The van der Waals surface area contributed by atoms with Gasteiger partial charge in [-0.2, -0.15) is 0 Å². The molecule has 0 fully saturated rings. The molecule has 114 valence electrons. The molecule has 5 heteroatoms. The molecule has 0 aliphatic rings. The van der Waals surface area contributed by atoms with Crippen LogP contribution in [0.2, 0.25) is 0 Å². The second-order valence-corrected chi connectivity index (χ2v) is 6.97. The van der Waals surface area contributed by atoms with Crippen LogP contribution in [0.15, 0.2) is 40.9 Å². The molecule has 0 aliphatic carbocycles. The van der Waals surface area contributed by atoms with Crippen LogP contribution >= 0.6 is 15.9 Å². The smallest absolute Gasteiger partial charge is 0.419 e. The molecular weight excluding hydrogens is 349 g/mol. The first-order valence-electron chi connectivity index (χ1n) is 6.89. The molecule has 0 bridgehead atoms. The lowest BCUT2D eigenvalue weighted by Gasteiger charge is -2.20. The Hall–Kier alpha value is -1.88. The topological polar surface area (TPSA) is 31.2 Å². The number of aromatic nitrogens is 1. The molecule has 0 unspecified atom stereocenters. The summed E-state index contributed by atoms with van der Waals surface area (Å²) in [6.45, 7) is 5.44. The number of hydrogen-bond acceptors (Lipinski definition) is 2. The van der Waals surface area contributed by atoms with Gasteiger partial charge in [-0.15, -0.1) is 0 Å². The zero-order chi connectivity index (χ0) is 16.1. The number of carbonyl (C=O) groups excluding carboxylic acids is 1. The van der Waals surface area contributed by atoms with Gasteiger partial charge in [0.05, 0.1) is 11.0 Å². The number of nitrogens with zero attached hydrogens (tertiary/aromatic N) is 1. The van der Waals surface area contributed by atoms with Crippen LogP contribution in [0.5, 0.6) is 0 Å². The van der Waals surface area contributed by atoms with Gasteiger partial charge < -0.3 is 4.74 Å². The number of halogens is 2. The summed E-state index contributed by atoms with van der Waals surface area (Å²) >= 11 is 3.47. The lowest BCUT2D eigenvalue weighted by molar-refractivity contribution is 0.0551. The lowest BCUT2D eigenvalue weighted by atomic mass is 10.1. The van der Waals surface area contributed by atoms with E-state index in [1.165, 1.54) is 16.7 Å². The van der Waals surface area contributed by atoms with Gasteiger partial charge in [0.2, 0.25) is 0 Å². The molecule has 3 rings (SSSR count). The van der Waals surface area contributed by atoms with E-state index < -0.39 is 11.7 Å². The molecule has 0 aliphatic heterocycles. The normalized spacial score (nSPS) is 12.0. The van der Waals surface area contributed by atoms with Crippen molar-refractivity contribution >= 4 is 43.8 Å². The molecule has 1 aromatic heterocycles. The third-order valence-electron chi connectivity index (χ3n) is 3.28. The molecule has 0 amide bonds. The van der Waals surface area contributed by atoms with Crippen molar-refractivity contribution in [1.82, 2.24) is 4.57 Å². The van der Waals surface area contributed by atoms with E-state index in [1.807, 2.05) is 39.0 Å². The van der Waals surface area contributed by atoms with E-state index in [1.54, 1.807) is 6.07 Å². The van der Waals surface area contributed by atoms with E-state index in [9.17, 15) is 9.18 Å². The molecule has 0 saturated carbocycles. The van der Waals surface area contributed by atoms with Crippen molar-refractivity contribution in [2.45, 2.75) is 26.4 Å². The van der Waals surface area contributed by atoms with Crippen LogP contribution in [-0.2, 0) is 4.74 Å². The Bertz CT molecular complexity index is 893. The van der Waals surface area contributed by atoms with E-state index in [-0.39, 0.29) is 5.82 Å². The SMILES string of the molecule is CC(C)(C)OC(=O)n1c2ccc(F)cc2c2cccc(Br)c21. The summed E-state index contributed by atoms with van der Waals surface area (Å²) in [6.07, 6.45) is -0.481. The Kier molecular flexibility index (Phi) is 3.48. The maximum absolute atomic E-state index is 13.6. The van der Waals surface area contributed by atoms with Gasteiger partial charge in [-0.25, -0.2) is 13.8 Å². The summed E-state index contributed by atoms with van der Waals surface area (Å²) in [4.78, 5) is 12.6. The van der Waals surface area contributed by atoms with Crippen LogP contribution in [0.1, 0.15) is 20.8 Å². The lowest BCUT2D eigenvalue weighted by Crippen LogP contribution is -2.27. The standard InChI is InChI=1S/C17H15BrFNO2/c1-17(2,3)22-16(21)20-14-8-7-10(19)9-12(14)11-5-4-6-13(18)15(11)20/h4-9H,1-3H3. The molecule has 1 heterocycles. The van der Waals surface area contributed by atoms with Crippen LogP contribution in [0, 0.1) is 5.82 Å². The third-order valence-corrected chi connectivity index (χ3v) is 3.92. The minimum Gasteiger partial charge on any atom is -0.443 e. The molecular formula is C17H15BrFNO2. The van der Waals surface area contributed by atoms with Crippen LogP contribution in [0.3, 0.4) is 0 Å². The quantitative estimate of drug-likeness (QED) is 0.529. The second-order valence-electron chi connectivity index (χ2n) is 6.11. The Morgan fingerprint density at radius 2 is 1.91 bits per heavy atom. The summed E-state index contributed by atoms with van der Waals surface area (Å²) in [5, 5.41) is 1.48. The van der Waals surface area contributed by atoms with E-state index in [0.717, 1.165) is 9.86 Å². The fourth-order valence-electron chi connectivity index (χ4n) is 2.50. The van der Waals surface area contributed by atoms with Gasteiger partial charge in [0.1, 0.15) is 11.4 Å². The van der Waals surface area contributed by atoms with Crippen LogP contribution in [-0.4, -0.2) is 16.3 Å². The zero-order valence-corrected chi connectivity index (χ0v) is 14.1. The van der Waals surface area contributed by atoms with Crippen molar-refractivity contribution in [3.63, 3.8) is 0 Å². The van der Waals surface area contributed by atoms with Crippen molar-refractivity contribution in [2.75, 3.05) is 0 Å². The first kappa shape index (κ1) is 15.0. The number of carbonyl (C=O) groups is 1. The molecule has 3 nitrogen and oxygen atoms in total. The molecule has 2 aromatic carbocycles. The average molecular weight is 364 g/mol. The molecule has 0 radical (unpaired) electrons. The molecule has 0 saturated heterocycles. The Morgan fingerprint density at radius 3 is 2.59 bits per heavy atom. The van der Waals surface area contributed by atoms with Gasteiger partial charge in [-0.05, 0) is 61.0 Å². The number of fused-ring (bicyclic) bond motifs is 3. The third kappa shape index (κ3) is 2.50. The monoisotopic (exact) mass is 363 g/mol. The minimum absolute atomic E-state index is 0.337. The Labute approximate surface area is 135 Å². The van der Waals surface area contributed by atoms with E-state index in [4.69, 9.17) is 4.74 Å². The van der Waals surface area contributed by atoms with E-state index in [2.05, 4.69) is 15.9 Å². The molecule has 0 atom stereocenters. The fraction of sp³-hybridized carbons (Fsp3) is 0.235. The van der Waals surface area contributed by atoms with E-state index in [0.29, 0.717) is 16.4 Å². The highest BCUT2D eigenvalue weighted by Crippen LogP contribution is 2.34. The summed E-state index contributed by atoms with van der Waals surface area (Å²) < 4.78 is 21.3. The van der Waals surface area contributed by atoms with Crippen LogP contribution in [0.25, 0.3) is 21.8 Å². The molecule has 0 N–H and O–H groups in total. The van der Waals surface area contributed by atoms with Crippen molar-refractivity contribution in [3.05, 3.63) is 46.7 Å². The molecule has 0 spiro atoms. The highest BCUT2D eigenvalue weighted by molar-refractivity contribution is 9.10. The highest BCUT2D eigenvalue weighted by atomic mass is 79.9. The van der Waals surface area contributed by atoms with Crippen molar-refractivity contribution in [2.24, 2.45) is 0 Å². The highest BCUT2D eigenvalue weighted by Gasteiger charge is 2.23. The number of hydrogen-bond donors (Lipinski definition) is 0. The van der Waals surface area contributed by atoms with Gasteiger partial charge in [-0.1, -0.05) is 12.1 Å². The molecule has 3 aromatic rings. The number of rotatable bonds is 0. The summed E-state index contributed by atoms with van der Waals surface area (Å²) in [5.74, 6) is -0.337. The molecule has 22 heavy (non-hydrogen) atoms. The minimum atomic E-state index is -0.610. The van der Waals surface area contributed by atoms with E-state index >= 15 is 0 Å². The number of benzene rings is 2. The predicted octanol–water partition coefficient (Wildman–Crippen LogP) is 5.48. The maximum Gasteiger partial charge on any atom is 0.419 e. The van der Waals surface area contributed by atoms with Gasteiger partial charge in [0.25, 0.3) is 0 Å². The zero-order valence-electron chi connectivity index (χ0n) is 12.5. The summed E-state index contributed by atoms with van der Waals surface area (Å²) in [7, 11) is 0. The predicted molar refractivity (Wildman–Crippen MR) is 88.7 cm³/mol. The first-order valence-corrected chi connectivity index (χ1v) is 7.69. The van der Waals surface area contributed by atoms with Crippen molar-refractivity contribution in [3.8, 4) is 0 Å². The van der Waals surface area contributed by atoms with Gasteiger partial charge in [0, 0.05) is 15.2 Å². The summed E-state index contributed by atoms with van der Waals surface area (Å²) in [6, 6.07) is 9.94. The van der Waals surface area contributed by atoms with Crippen molar-refractivity contribution in [1.29, 1.82) is 0 Å². The van der Waals surface area contributed by atoms with Gasteiger partial charge in [0.15, 0.2) is 0 Å². The fourth-order valence-corrected chi connectivity index (χ4v) is 3.04.